The van der Waals surface area contributed by atoms with Crippen LogP contribution in [-0.4, -0.2) is 44.2 Å². The average molecular weight is 327 g/mol. The van der Waals surface area contributed by atoms with E-state index in [2.05, 4.69) is 10.6 Å². The van der Waals surface area contributed by atoms with Crippen LogP contribution in [0.15, 0.2) is 18.2 Å². The van der Waals surface area contributed by atoms with E-state index in [1.54, 1.807) is 30.0 Å². The van der Waals surface area contributed by atoms with Crippen LogP contribution in [0.2, 0.25) is 0 Å². The molecule has 0 fully saturated rings. The van der Waals surface area contributed by atoms with Crippen LogP contribution in [-0.2, 0) is 4.79 Å². The number of methoxy groups -OCH3 is 2. The molecule has 22 heavy (non-hydrogen) atoms. The molecule has 0 aliphatic heterocycles. The number of primary amides is 1. The molecular weight excluding hydrogens is 306 g/mol. The molecule has 122 valence electrons. The highest BCUT2D eigenvalue weighted by atomic mass is 32.2. The molecule has 0 unspecified atom stereocenters. The summed E-state index contributed by atoms with van der Waals surface area (Å²) in [4.78, 5) is 23.2. The van der Waals surface area contributed by atoms with Gasteiger partial charge in [-0.3, -0.25) is 4.79 Å². The fourth-order valence-corrected chi connectivity index (χ4v) is 2.29. The Kier molecular flexibility index (Phi) is 7.38. The Hall–Kier alpha value is -2.09. The standard InChI is InChI=1S/C14H21N3O4S/c1-20-11-5-4-9(8-12(11)21-2)16-13(18)10(6-7-22-3)17-14(15)19/h4-5,8,10H,6-7H2,1-3H3,(H,16,18)(H3,15,17,19)/t10-/m1/s1. The fourth-order valence-electron chi connectivity index (χ4n) is 1.82. The minimum atomic E-state index is -0.728. The Morgan fingerprint density at radius 3 is 2.50 bits per heavy atom. The summed E-state index contributed by atoms with van der Waals surface area (Å²) in [5.74, 6) is 1.46. The summed E-state index contributed by atoms with van der Waals surface area (Å²) in [6.07, 6.45) is 2.41. The Balaban J connectivity index is 2.81. The van der Waals surface area contributed by atoms with Gasteiger partial charge in [-0.15, -0.1) is 0 Å². The monoisotopic (exact) mass is 327 g/mol. The molecule has 0 aliphatic rings. The lowest BCUT2D eigenvalue weighted by molar-refractivity contribution is -0.117. The molecule has 0 aliphatic carbocycles. The Bertz CT molecular complexity index is 525. The van der Waals surface area contributed by atoms with Crippen molar-refractivity contribution in [2.45, 2.75) is 12.5 Å². The molecule has 4 N–H and O–H groups in total. The van der Waals surface area contributed by atoms with E-state index >= 15 is 0 Å². The summed E-state index contributed by atoms with van der Waals surface area (Å²) < 4.78 is 10.3. The molecular formula is C14H21N3O4S. The van der Waals surface area contributed by atoms with Gasteiger partial charge in [0.25, 0.3) is 0 Å². The predicted molar refractivity (Wildman–Crippen MR) is 87.7 cm³/mol. The van der Waals surface area contributed by atoms with Gasteiger partial charge in [-0.25, -0.2) is 4.79 Å². The third kappa shape index (κ3) is 5.36. The average Bonchev–Trinajstić information content (AvgIpc) is 2.50. The van der Waals surface area contributed by atoms with Crippen LogP contribution < -0.4 is 25.8 Å². The Morgan fingerprint density at radius 2 is 1.95 bits per heavy atom. The number of anilines is 1. The van der Waals surface area contributed by atoms with Gasteiger partial charge in [0.1, 0.15) is 6.04 Å². The van der Waals surface area contributed by atoms with E-state index in [0.717, 1.165) is 5.75 Å². The number of amides is 3. The zero-order chi connectivity index (χ0) is 16.5. The van der Waals surface area contributed by atoms with Crippen molar-refractivity contribution in [2.75, 3.05) is 31.5 Å². The lowest BCUT2D eigenvalue weighted by Crippen LogP contribution is -2.46. The van der Waals surface area contributed by atoms with Crippen molar-refractivity contribution in [1.82, 2.24) is 5.32 Å². The Morgan fingerprint density at radius 1 is 1.27 bits per heavy atom. The van der Waals surface area contributed by atoms with Gasteiger partial charge in [0.15, 0.2) is 11.5 Å². The summed E-state index contributed by atoms with van der Waals surface area (Å²) in [5.41, 5.74) is 5.65. The number of ether oxygens (including phenoxy) is 2. The van der Waals surface area contributed by atoms with Gasteiger partial charge in [-0.1, -0.05) is 0 Å². The van der Waals surface area contributed by atoms with Gasteiger partial charge >= 0.3 is 6.03 Å². The molecule has 8 heteroatoms. The van der Waals surface area contributed by atoms with E-state index in [4.69, 9.17) is 15.2 Å². The molecule has 0 bridgehead atoms. The lowest BCUT2D eigenvalue weighted by atomic mass is 10.2. The highest BCUT2D eigenvalue weighted by Gasteiger charge is 2.20. The zero-order valence-electron chi connectivity index (χ0n) is 12.8. The zero-order valence-corrected chi connectivity index (χ0v) is 13.7. The van der Waals surface area contributed by atoms with Crippen LogP contribution in [0.4, 0.5) is 10.5 Å². The first-order valence-corrected chi connectivity index (χ1v) is 7.99. The summed E-state index contributed by atoms with van der Waals surface area (Å²) in [7, 11) is 3.05. The van der Waals surface area contributed by atoms with Gasteiger partial charge in [0.05, 0.1) is 14.2 Å². The van der Waals surface area contributed by atoms with Gasteiger partial charge in [-0.2, -0.15) is 11.8 Å². The maximum Gasteiger partial charge on any atom is 0.312 e. The minimum Gasteiger partial charge on any atom is -0.493 e. The highest BCUT2D eigenvalue weighted by molar-refractivity contribution is 7.98. The molecule has 1 aromatic rings. The number of nitrogens with two attached hydrogens (primary N) is 1. The normalized spacial score (nSPS) is 11.4. The first-order chi connectivity index (χ1) is 10.5. The molecule has 0 radical (unpaired) electrons. The summed E-state index contributed by atoms with van der Waals surface area (Å²) in [6.45, 7) is 0. The summed E-state index contributed by atoms with van der Waals surface area (Å²) in [5, 5.41) is 5.17. The number of hydrogen-bond acceptors (Lipinski definition) is 5. The topological polar surface area (TPSA) is 103 Å². The summed E-state index contributed by atoms with van der Waals surface area (Å²) in [6, 6.07) is 3.61. The van der Waals surface area contributed by atoms with Crippen molar-refractivity contribution in [3.05, 3.63) is 18.2 Å². The van der Waals surface area contributed by atoms with Crippen molar-refractivity contribution in [1.29, 1.82) is 0 Å². The SMILES string of the molecule is COc1ccc(NC(=O)[C@@H](CCSC)NC(N)=O)cc1OC. The number of nitrogens with one attached hydrogen (secondary N) is 2. The van der Waals surface area contributed by atoms with E-state index in [1.165, 1.54) is 14.2 Å². The lowest BCUT2D eigenvalue weighted by Gasteiger charge is -2.17. The van der Waals surface area contributed by atoms with Crippen molar-refractivity contribution in [3.8, 4) is 11.5 Å². The maximum absolute atomic E-state index is 12.2. The van der Waals surface area contributed by atoms with Crippen LogP contribution >= 0.6 is 11.8 Å². The second kappa shape index (κ2) is 9.04. The molecule has 1 aromatic carbocycles. The molecule has 7 nitrogen and oxygen atoms in total. The first-order valence-electron chi connectivity index (χ1n) is 6.59. The molecule has 1 rings (SSSR count). The summed E-state index contributed by atoms with van der Waals surface area (Å²) >= 11 is 1.58. The number of carbonyl (C=O) groups is 2. The molecule has 1 atom stereocenters. The largest absolute Gasteiger partial charge is 0.493 e. The second-order valence-corrected chi connectivity index (χ2v) is 5.39. The van der Waals surface area contributed by atoms with Crippen LogP contribution in [0, 0.1) is 0 Å². The molecule has 3 amide bonds. The molecule has 0 spiro atoms. The third-order valence-electron chi connectivity index (χ3n) is 2.89. The van der Waals surface area contributed by atoms with Crippen LogP contribution in [0.1, 0.15) is 6.42 Å². The van der Waals surface area contributed by atoms with Crippen LogP contribution in [0.25, 0.3) is 0 Å². The van der Waals surface area contributed by atoms with Gasteiger partial charge in [-0.05, 0) is 30.6 Å². The number of thioether (sulfide) groups is 1. The molecule has 0 saturated carbocycles. The van der Waals surface area contributed by atoms with E-state index in [1.807, 2.05) is 6.26 Å². The number of urea groups is 1. The number of rotatable bonds is 8. The number of hydrogen-bond donors (Lipinski definition) is 3. The Labute approximate surface area is 133 Å². The minimum absolute atomic E-state index is 0.333. The van der Waals surface area contributed by atoms with E-state index < -0.39 is 12.1 Å². The molecule has 0 saturated heterocycles. The van der Waals surface area contributed by atoms with E-state index in [0.29, 0.717) is 23.6 Å². The molecule has 0 heterocycles. The van der Waals surface area contributed by atoms with Crippen molar-refractivity contribution in [2.24, 2.45) is 5.73 Å². The van der Waals surface area contributed by atoms with E-state index in [-0.39, 0.29) is 5.91 Å². The smallest absolute Gasteiger partial charge is 0.312 e. The van der Waals surface area contributed by atoms with Crippen molar-refractivity contribution in [3.63, 3.8) is 0 Å². The highest BCUT2D eigenvalue weighted by Crippen LogP contribution is 2.29. The maximum atomic E-state index is 12.2. The number of benzene rings is 1. The number of carbonyl (C=O) groups excluding carboxylic acids is 2. The van der Waals surface area contributed by atoms with Gasteiger partial charge < -0.3 is 25.8 Å². The molecule has 0 aromatic heterocycles. The third-order valence-corrected chi connectivity index (χ3v) is 3.54. The predicted octanol–water partition coefficient (Wildman–Crippen LogP) is 1.43. The van der Waals surface area contributed by atoms with Gasteiger partial charge in [0, 0.05) is 11.8 Å². The fraction of sp³-hybridized carbons (Fsp3) is 0.429. The second-order valence-electron chi connectivity index (χ2n) is 4.40. The van der Waals surface area contributed by atoms with Gasteiger partial charge in [0.2, 0.25) is 5.91 Å². The first kappa shape index (κ1) is 18.0. The van der Waals surface area contributed by atoms with Crippen LogP contribution in [0.3, 0.4) is 0 Å². The quantitative estimate of drug-likeness (QED) is 0.670. The van der Waals surface area contributed by atoms with Crippen molar-refractivity contribution < 1.29 is 19.1 Å². The van der Waals surface area contributed by atoms with Crippen molar-refractivity contribution >= 4 is 29.4 Å². The van der Waals surface area contributed by atoms with Crippen LogP contribution in [0.5, 0.6) is 11.5 Å². The van der Waals surface area contributed by atoms with E-state index in [9.17, 15) is 9.59 Å².